The molecule has 0 aliphatic carbocycles. The summed E-state index contributed by atoms with van der Waals surface area (Å²) in [6.45, 7) is 4.22. The van der Waals surface area contributed by atoms with E-state index in [-0.39, 0.29) is 11.2 Å². The molecule has 1 unspecified atom stereocenters. The molecular formula is C13H16BrFOS. The zero-order valence-corrected chi connectivity index (χ0v) is 12.4. The Morgan fingerprint density at radius 2 is 2.06 bits per heavy atom. The third-order valence-corrected chi connectivity index (χ3v) is 5.34. The summed E-state index contributed by atoms with van der Waals surface area (Å²) >= 11 is 4.86. The molecule has 1 nitrogen and oxygen atoms in total. The summed E-state index contributed by atoms with van der Waals surface area (Å²) in [6, 6.07) is 5.11. The van der Waals surface area contributed by atoms with Gasteiger partial charge in [0.15, 0.2) is 0 Å². The van der Waals surface area contributed by atoms with Crippen molar-refractivity contribution >= 4 is 27.7 Å². The van der Waals surface area contributed by atoms with Gasteiger partial charge in [-0.1, -0.05) is 26.0 Å². The average molecular weight is 319 g/mol. The van der Waals surface area contributed by atoms with Crippen LogP contribution in [0.15, 0.2) is 22.7 Å². The summed E-state index contributed by atoms with van der Waals surface area (Å²) in [4.78, 5) is 0. The molecule has 1 aliphatic rings. The molecule has 1 atom stereocenters. The summed E-state index contributed by atoms with van der Waals surface area (Å²) in [5.41, 5.74) is -0.612. The Bertz CT molecular complexity index is 435. The molecule has 2 rings (SSSR count). The Kier molecular flexibility index (Phi) is 3.59. The number of hydrogen-bond acceptors (Lipinski definition) is 2. The quantitative estimate of drug-likeness (QED) is 0.846. The van der Waals surface area contributed by atoms with Crippen molar-refractivity contribution in [2.75, 3.05) is 11.5 Å². The minimum Gasteiger partial charge on any atom is -0.384 e. The molecule has 0 spiro atoms. The van der Waals surface area contributed by atoms with Gasteiger partial charge >= 0.3 is 0 Å². The average Bonchev–Trinajstić information content (AvgIpc) is 2.20. The Hall–Kier alpha value is -0.0600. The standard InChI is InChI=1S/C13H16BrFOS/c1-12(2)6-13(16,8-17-7-12)9-4-3-5-10(14)11(9)15/h3-5,16H,6-8H2,1-2H3. The van der Waals surface area contributed by atoms with Crippen LogP contribution >= 0.6 is 27.7 Å². The summed E-state index contributed by atoms with van der Waals surface area (Å²) in [5, 5.41) is 10.7. The van der Waals surface area contributed by atoms with E-state index in [0.29, 0.717) is 22.2 Å². The van der Waals surface area contributed by atoms with Gasteiger partial charge < -0.3 is 5.11 Å². The molecule has 0 aromatic heterocycles. The number of rotatable bonds is 1. The number of halogens is 2. The third kappa shape index (κ3) is 2.69. The van der Waals surface area contributed by atoms with Crippen LogP contribution in [0.5, 0.6) is 0 Å². The van der Waals surface area contributed by atoms with Crippen LogP contribution in [0.1, 0.15) is 25.8 Å². The van der Waals surface area contributed by atoms with E-state index in [1.54, 1.807) is 30.0 Å². The molecule has 1 aromatic rings. The Balaban J connectivity index is 2.41. The Morgan fingerprint density at radius 1 is 1.35 bits per heavy atom. The molecule has 0 amide bonds. The van der Waals surface area contributed by atoms with Crippen molar-refractivity contribution in [1.29, 1.82) is 0 Å². The van der Waals surface area contributed by atoms with E-state index in [0.717, 1.165) is 5.75 Å². The normalized spacial score (nSPS) is 28.1. The van der Waals surface area contributed by atoms with Crippen molar-refractivity contribution in [2.45, 2.75) is 25.9 Å². The van der Waals surface area contributed by atoms with Gasteiger partial charge in [-0.25, -0.2) is 4.39 Å². The predicted molar refractivity (Wildman–Crippen MR) is 73.7 cm³/mol. The molecule has 0 bridgehead atoms. The largest absolute Gasteiger partial charge is 0.384 e. The zero-order valence-electron chi connectivity index (χ0n) is 9.96. The van der Waals surface area contributed by atoms with Crippen LogP contribution in [0, 0.1) is 11.2 Å². The van der Waals surface area contributed by atoms with E-state index < -0.39 is 5.60 Å². The minimum absolute atomic E-state index is 0.0342. The van der Waals surface area contributed by atoms with Crippen molar-refractivity contribution in [3.05, 3.63) is 34.1 Å². The first-order valence-corrected chi connectivity index (χ1v) is 7.53. The summed E-state index contributed by atoms with van der Waals surface area (Å²) < 4.78 is 14.5. The van der Waals surface area contributed by atoms with Gasteiger partial charge in [0.2, 0.25) is 0 Å². The van der Waals surface area contributed by atoms with Crippen molar-refractivity contribution in [3.63, 3.8) is 0 Å². The molecule has 0 saturated carbocycles. The first kappa shape index (κ1) is 13.4. The van der Waals surface area contributed by atoms with Crippen molar-refractivity contribution in [3.8, 4) is 0 Å². The van der Waals surface area contributed by atoms with Gasteiger partial charge in [-0.3, -0.25) is 0 Å². The summed E-state index contributed by atoms with van der Waals surface area (Å²) in [7, 11) is 0. The lowest BCUT2D eigenvalue weighted by molar-refractivity contribution is 0.0124. The molecule has 1 N–H and O–H groups in total. The lowest BCUT2D eigenvalue weighted by Crippen LogP contribution is -2.40. The highest BCUT2D eigenvalue weighted by molar-refractivity contribution is 9.10. The third-order valence-electron chi connectivity index (χ3n) is 3.06. The van der Waals surface area contributed by atoms with E-state index >= 15 is 0 Å². The fourth-order valence-corrected chi connectivity index (χ4v) is 4.14. The molecule has 1 aliphatic heterocycles. The lowest BCUT2D eigenvalue weighted by Gasteiger charge is -2.41. The highest BCUT2D eigenvalue weighted by Crippen LogP contribution is 2.45. The van der Waals surface area contributed by atoms with Gasteiger partial charge in [0.25, 0.3) is 0 Å². The Labute approximate surface area is 114 Å². The SMILES string of the molecule is CC1(C)CSCC(O)(c2cccc(Br)c2F)C1. The fraction of sp³-hybridized carbons (Fsp3) is 0.538. The first-order chi connectivity index (χ1) is 7.84. The molecule has 4 heteroatoms. The van der Waals surface area contributed by atoms with Gasteiger partial charge in [0.1, 0.15) is 11.4 Å². The molecule has 1 aromatic carbocycles. The van der Waals surface area contributed by atoms with E-state index in [2.05, 4.69) is 29.8 Å². The molecule has 1 heterocycles. The van der Waals surface area contributed by atoms with Gasteiger partial charge in [-0.2, -0.15) is 11.8 Å². The monoisotopic (exact) mass is 318 g/mol. The topological polar surface area (TPSA) is 20.2 Å². The van der Waals surface area contributed by atoms with Crippen LogP contribution in [0.2, 0.25) is 0 Å². The van der Waals surface area contributed by atoms with Crippen LogP contribution < -0.4 is 0 Å². The Morgan fingerprint density at radius 3 is 2.71 bits per heavy atom. The maximum absolute atomic E-state index is 14.1. The second-order valence-corrected chi connectivity index (χ2v) is 7.31. The second kappa shape index (κ2) is 4.56. The molecule has 1 fully saturated rings. The lowest BCUT2D eigenvalue weighted by atomic mass is 9.78. The van der Waals surface area contributed by atoms with Crippen LogP contribution in [0.25, 0.3) is 0 Å². The van der Waals surface area contributed by atoms with Crippen LogP contribution in [-0.2, 0) is 5.60 Å². The number of aliphatic hydroxyl groups is 1. The molecule has 94 valence electrons. The smallest absolute Gasteiger partial charge is 0.143 e. The molecule has 1 saturated heterocycles. The molecule has 0 radical (unpaired) electrons. The second-order valence-electron chi connectivity index (χ2n) is 5.47. The summed E-state index contributed by atoms with van der Waals surface area (Å²) in [5.74, 6) is 1.22. The van der Waals surface area contributed by atoms with E-state index in [1.165, 1.54) is 0 Å². The fourth-order valence-electron chi connectivity index (χ4n) is 2.43. The number of benzene rings is 1. The van der Waals surface area contributed by atoms with Crippen molar-refractivity contribution in [1.82, 2.24) is 0 Å². The number of hydrogen-bond donors (Lipinski definition) is 1. The summed E-state index contributed by atoms with van der Waals surface area (Å²) in [6.07, 6.45) is 0.598. The zero-order chi connectivity index (χ0) is 12.7. The van der Waals surface area contributed by atoms with Gasteiger partial charge in [-0.05, 0) is 39.6 Å². The van der Waals surface area contributed by atoms with Crippen LogP contribution in [-0.4, -0.2) is 16.6 Å². The van der Waals surface area contributed by atoms with Crippen molar-refractivity contribution < 1.29 is 9.50 Å². The minimum atomic E-state index is -1.06. The molecular weight excluding hydrogens is 303 g/mol. The number of thioether (sulfide) groups is 1. The van der Waals surface area contributed by atoms with E-state index in [9.17, 15) is 9.50 Å². The van der Waals surface area contributed by atoms with E-state index in [4.69, 9.17) is 0 Å². The van der Waals surface area contributed by atoms with E-state index in [1.807, 2.05) is 0 Å². The van der Waals surface area contributed by atoms with Gasteiger partial charge in [0, 0.05) is 11.3 Å². The maximum Gasteiger partial charge on any atom is 0.143 e. The first-order valence-electron chi connectivity index (χ1n) is 5.59. The maximum atomic E-state index is 14.1. The highest BCUT2D eigenvalue weighted by atomic mass is 79.9. The van der Waals surface area contributed by atoms with Crippen molar-refractivity contribution in [2.24, 2.45) is 5.41 Å². The highest BCUT2D eigenvalue weighted by Gasteiger charge is 2.41. The predicted octanol–water partition coefficient (Wildman–Crippen LogP) is 3.94. The van der Waals surface area contributed by atoms with Gasteiger partial charge in [-0.15, -0.1) is 0 Å². The van der Waals surface area contributed by atoms with Crippen LogP contribution in [0.3, 0.4) is 0 Å². The van der Waals surface area contributed by atoms with Gasteiger partial charge in [0.05, 0.1) is 4.47 Å². The molecule has 17 heavy (non-hydrogen) atoms. The van der Waals surface area contributed by atoms with Crippen LogP contribution in [0.4, 0.5) is 4.39 Å².